The maximum atomic E-state index is 15.0. The first-order valence-corrected chi connectivity index (χ1v) is 12.7. The Morgan fingerprint density at radius 1 is 1.05 bits per heavy atom. The van der Waals surface area contributed by atoms with Gasteiger partial charge in [-0.05, 0) is 84.5 Å². The maximum Gasteiger partial charge on any atom is 0.185 e. The Kier molecular flexibility index (Phi) is 7.40. The van der Waals surface area contributed by atoms with Crippen LogP contribution in [0, 0.1) is 23.4 Å². The molecule has 194 valence electrons. The third kappa shape index (κ3) is 5.45. The quantitative estimate of drug-likeness (QED) is 0.430. The molecule has 4 atom stereocenters. The van der Waals surface area contributed by atoms with E-state index in [1.54, 1.807) is 12.4 Å². The van der Waals surface area contributed by atoms with Gasteiger partial charge in [0.25, 0.3) is 0 Å². The molecule has 0 amide bonds. The molecule has 1 aliphatic heterocycles. The maximum absolute atomic E-state index is 15.0. The van der Waals surface area contributed by atoms with Gasteiger partial charge < -0.3 is 10.5 Å². The molecule has 37 heavy (non-hydrogen) atoms. The molecular formula is C29H30F3N3O2. The summed E-state index contributed by atoms with van der Waals surface area (Å²) in [5.41, 5.74) is 7.33. The summed E-state index contributed by atoms with van der Waals surface area (Å²) in [7, 11) is 0. The van der Waals surface area contributed by atoms with Crippen molar-refractivity contribution < 1.29 is 22.7 Å². The molecule has 2 fully saturated rings. The molecule has 3 heterocycles. The minimum absolute atomic E-state index is 0.00700. The number of rotatable bonds is 6. The van der Waals surface area contributed by atoms with Crippen molar-refractivity contribution in [3.05, 3.63) is 82.6 Å². The largest absolute Gasteiger partial charge is 0.381 e. The molecule has 2 aliphatic rings. The van der Waals surface area contributed by atoms with Crippen LogP contribution in [0.3, 0.4) is 0 Å². The Morgan fingerprint density at radius 3 is 2.54 bits per heavy atom. The fraction of sp³-hybridized carbons (Fsp3) is 0.414. The van der Waals surface area contributed by atoms with E-state index in [0.29, 0.717) is 31.1 Å². The third-order valence-electron chi connectivity index (χ3n) is 7.55. The van der Waals surface area contributed by atoms with Crippen LogP contribution in [0.25, 0.3) is 11.3 Å². The first kappa shape index (κ1) is 25.5. The topological polar surface area (TPSA) is 78.1 Å². The molecule has 2 N–H and O–H groups in total. The molecule has 3 aromatic rings. The van der Waals surface area contributed by atoms with Gasteiger partial charge in [-0.15, -0.1) is 0 Å². The van der Waals surface area contributed by atoms with Gasteiger partial charge >= 0.3 is 0 Å². The van der Waals surface area contributed by atoms with E-state index in [1.165, 1.54) is 18.2 Å². The second kappa shape index (κ2) is 10.7. The van der Waals surface area contributed by atoms with Crippen LogP contribution in [0.2, 0.25) is 0 Å². The highest BCUT2D eigenvalue weighted by molar-refractivity contribution is 5.96. The van der Waals surface area contributed by atoms with Crippen molar-refractivity contribution in [2.75, 3.05) is 13.2 Å². The lowest BCUT2D eigenvalue weighted by atomic mass is 9.75. The number of ketones is 1. The smallest absolute Gasteiger partial charge is 0.185 e. The average molecular weight is 510 g/mol. The predicted octanol–water partition coefficient (Wildman–Crippen LogP) is 5.72. The molecule has 1 aromatic carbocycles. The number of nitrogens with two attached hydrogens (primary N) is 1. The first-order chi connectivity index (χ1) is 17.8. The molecule has 0 spiro atoms. The molecule has 1 aliphatic carbocycles. The van der Waals surface area contributed by atoms with Crippen LogP contribution in [0.1, 0.15) is 71.6 Å². The number of aromatic nitrogens is 2. The van der Waals surface area contributed by atoms with Gasteiger partial charge in [0.05, 0.1) is 12.2 Å². The number of ether oxygens (including phenoxy) is 1. The Balaban J connectivity index is 1.42. The third-order valence-corrected chi connectivity index (χ3v) is 7.55. The summed E-state index contributed by atoms with van der Waals surface area (Å²) >= 11 is 0. The van der Waals surface area contributed by atoms with Crippen LogP contribution in [-0.4, -0.2) is 35.0 Å². The van der Waals surface area contributed by atoms with Gasteiger partial charge in [0.15, 0.2) is 5.78 Å². The fourth-order valence-electron chi connectivity index (χ4n) is 5.78. The molecule has 0 radical (unpaired) electrons. The van der Waals surface area contributed by atoms with Crippen molar-refractivity contribution in [2.45, 2.75) is 56.9 Å². The highest BCUT2D eigenvalue weighted by atomic mass is 19.1. The highest BCUT2D eigenvalue weighted by Gasteiger charge is 2.28. The normalized spacial score (nSPS) is 23.8. The molecule has 1 saturated carbocycles. The summed E-state index contributed by atoms with van der Waals surface area (Å²) in [5.74, 6) is -2.55. The number of pyridine rings is 2. The van der Waals surface area contributed by atoms with Gasteiger partial charge in [0.2, 0.25) is 0 Å². The summed E-state index contributed by atoms with van der Waals surface area (Å²) in [6.07, 6.45) is 6.79. The van der Waals surface area contributed by atoms with E-state index in [2.05, 4.69) is 16.9 Å². The number of hydrogen-bond acceptors (Lipinski definition) is 5. The van der Waals surface area contributed by atoms with Crippen molar-refractivity contribution >= 4 is 5.78 Å². The summed E-state index contributed by atoms with van der Waals surface area (Å²) in [6.45, 7) is 3.09. The predicted molar refractivity (Wildman–Crippen MR) is 134 cm³/mol. The number of carbonyl (C=O) groups is 1. The van der Waals surface area contributed by atoms with E-state index in [-0.39, 0.29) is 35.8 Å². The second-order valence-electron chi connectivity index (χ2n) is 10.4. The van der Waals surface area contributed by atoms with Gasteiger partial charge in [0.1, 0.15) is 28.8 Å². The Labute approximate surface area is 214 Å². The fourth-order valence-corrected chi connectivity index (χ4v) is 5.78. The van der Waals surface area contributed by atoms with Gasteiger partial charge in [-0.1, -0.05) is 6.92 Å². The van der Waals surface area contributed by atoms with E-state index in [0.717, 1.165) is 36.5 Å². The number of benzene rings is 1. The van der Waals surface area contributed by atoms with E-state index >= 15 is 8.78 Å². The molecule has 0 bridgehead atoms. The lowest BCUT2D eigenvalue weighted by Gasteiger charge is -2.32. The van der Waals surface area contributed by atoms with Crippen molar-refractivity contribution in [3.8, 4) is 11.3 Å². The van der Waals surface area contributed by atoms with Gasteiger partial charge in [0, 0.05) is 37.4 Å². The summed E-state index contributed by atoms with van der Waals surface area (Å²) in [4.78, 5) is 21.5. The van der Waals surface area contributed by atoms with Crippen molar-refractivity contribution in [1.29, 1.82) is 0 Å². The van der Waals surface area contributed by atoms with Crippen molar-refractivity contribution in [3.63, 3.8) is 0 Å². The first-order valence-electron chi connectivity index (χ1n) is 12.7. The number of halogens is 3. The number of Topliss-reactive ketones (excluding diaryl/α,β-unsaturated/α-hetero) is 1. The van der Waals surface area contributed by atoms with Gasteiger partial charge in [-0.25, -0.2) is 18.2 Å². The second-order valence-corrected chi connectivity index (χ2v) is 10.4. The zero-order valence-electron chi connectivity index (χ0n) is 20.7. The SMILES string of the molecule is C[C@@H]1C[C@H](N)C[C@H](c2ccncc2CC(=O)c2ccc(F)c(-c3c(F)cc([C@H]4CCOC4)cc3F)n2)C1. The molecule has 5 rings (SSSR count). The summed E-state index contributed by atoms with van der Waals surface area (Å²) in [6, 6.07) is 6.69. The zero-order chi connectivity index (χ0) is 26.1. The van der Waals surface area contributed by atoms with Crippen molar-refractivity contribution in [1.82, 2.24) is 9.97 Å². The van der Waals surface area contributed by atoms with E-state index in [1.807, 2.05) is 6.07 Å². The van der Waals surface area contributed by atoms with Gasteiger partial charge in [-0.2, -0.15) is 0 Å². The average Bonchev–Trinajstić information content (AvgIpc) is 3.39. The lowest BCUT2D eigenvalue weighted by Crippen LogP contribution is -2.31. The van der Waals surface area contributed by atoms with Crippen LogP contribution in [0.15, 0.2) is 42.7 Å². The molecule has 8 heteroatoms. The van der Waals surface area contributed by atoms with E-state index in [4.69, 9.17) is 10.5 Å². The molecule has 2 aromatic heterocycles. The molecular weight excluding hydrogens is 479 g/mol. The molecule has 0 unspecified atom stereocenters. The van der Waals surface area contributed by atoms with Crippen LogP contribution < -0.4 is 5.73 Å². The number of nitrogens with zero attached hydrogens (tertiary/aromatic N) is 2. The van der Waals surface area contributed by atoms with Crippen LogP contribution >= 0.6 is 0 Å². The van der Waals surface area contributed by atoms with Crippen LogP contribution in [-0.2, 0) is 11.2 Å². The highest BCUT2D eigenvalue weighted by Crippen LogP contribution is 2.37. The van der Waals surface area contributed by atoms with Crippen molar-refractivity contribution in [2.24, 2.45) is 11.7 Å². The Bertz CT molecular complexity index is 1280. The van der Waals surface area contributed by atoms with Crippen LogP contribution in [0.4, 0.5) is 13.2 Å². The van der Waals surface area contributed by atoms with E-state index in [9.17, 15) is 9.18 Å². The molecule has 5 nitrogen and oxygen atoms in total. The molecule has 1 saturated heterocycles. The standard InChI is InChI=1S/C29H30F3N3O2/c1-16-8-19(10-21(33)9-16)22-4-6-34-14-20(22)13-27(36)26-3-2-23(30)29(35-26)28-24(31)11-18(12-25(28)32)17-5-7-37-15-17/h2-4,6,11-12,14,16-17,19,21H,5,7-10,13,15,33H2,1H3/t16-,17-,19+,21-/m0/s1. The monoisotopic (exact) mass is 509 g/mol. The Morgan fingerprint density at radius 2 is 1.84 bits per heavy atom. The number of hydrogen-bond donors (Lipinski definition) is 1. The minimum atomic E-state index is -0.921. The summed E-state index contributed by atoms with van der Waals surface area (Å²) < 4.78 is 50.1. The summed E-state index contributed by atoms with van der Waals surface area (Å²) in [5, 5.41) is 0. The van der Waals surface area contributed by atoms with Gasteiger partial charge in [-0.3, -0.25) is 9.78 Å². The Hall–Kier alpha value is -3.10. The number of carbonyl (C=O) groups excluding carboxylic acids is 1. The lowest BCUT2D eigenvalue weighted by molar-refractivity contribution is 0.0987. The van der Waals surface area contributed by atoms with Crippen LogP contribution in [0.5, 0.6) is 0 Å². The zero-order valence-corrected chi connectivity index (χ0v) is 20.7. The minimum Gasteiger partial charge on any atom is -0.381 e. The van der Waals surface area contributed by atoms with E-state index < -0.39 is 28.7 Å².